The van der Waals surface area contributed by atoms with Crippen molar-refractivity contribution in [1.82, 2.24) is 9.88 Å². The number of Topliss-reactive ketones (excluding diaryl/α,β-unsaturated/α-hetero) is 1. The van der Waals surface area contributed by atoms with Crippen LogP contribution in [0.25, 0.3) is 0 Å². The number of aromatic nitrogens is 1. The molecular formula is C21H23F2N3O3. The summed E-state index contributed by atoms with van der Waals surface area (Å²) in [6.07, 6.45) is 5.49. The number of nitriles is 1. The molecule has 6 nitrogen and oxygen atoms in total. The first-order chi connectivity index (χ1) is 13.5. The van der Waals surface area contributed by atoms with Crippen LogP contribution in [-0.4, -0.2) is 41.8 Å². The van der Waals surface area contributed by atoms with Crippen LogP contribution in [0.5, 0.6) is 5.88 Å². The molecule has 0 saturated heterocycles. The monoisotopic (exact) mass is 403 g/mol. The number of alkyl halides is 2. The summed E-state index contributed by atoms with van der Waals surface area (Å²) in [5, 5.41) is 9.31. The van der Waals surface area contributed by atoms with Crippen molar-refractivity contribution in [3.05, 3.63) is 48.2 Å². The van der Waals surface area contributed by atoms with Gasteiger partial charge in [-0.1, -0.05) is 26.0 Å². The van der Waals surface area contributed by atoms with Gasteiger partial charge in [0.15, 0.2) is 5.78 Å². The Labute approximate surface area is 168 Å². The molecule has 8 heteroatoms. The first kappa shape index (κ1) is 22.2. The molecule has 1 heterocycles. The molecule has 1 amide bonds. The van der Waals surface area contributed by atoms with E-state index in [-0.39, 0.29) is 28.7 Å². The smallest absolute Gasteiger partial charge is 0.388 e. The van der Waals surface area contributed by atoms with E-state index in [4.69, 9.17) is 0 Å². The van der Waals surface area contributed by atoms with Gasteiger partial charge in [-0.15, -0.1) is 6.58 Å². The molecule has 0 saturated carbocycles. The van der Waals surface area contributed by atoms with Crippen LogP contribution in [0.4, 0.5) is 8.78 Å². The van der Waals surface area contributed by atoms with Crippen LogP contribution >= 0.6 is 0 Å². The van der Waals surface area contributed by atoms with Gasteiger partial charge in [0, 0.05) is 36.7 Å². The van der Waals surface area contributed by atoms with Crippen LogP contribution in [0.15, 0.2) is 42.6 Å². The second-order valence-corrected chi connectivity index (χ2v) is 7.74. The van der Waals surface area contributed by atoms with Crippen LogP contribution in [0, 0.1) is 22.2 Å². The van der Waals surface area contributed by atoms with Gasteiger partial charge < -0.3 is 9.64 Å². The van der Waals surface area contributed by atoms with Gasteiger partial charge in [0.2, 0.25) is 5.88 Å². The largest absolute Gasteiger partial charge is 0.417 e. The second-order valence-electron chi connectivity index (χ2n) is 7.74. The predicted molar refractivity (Wildman–Crippen MR) is 102 cm³/mol. The van der Waals surface area contributed by atoms with Crippen molar-refractivity contribution in [3.8, 4) is 11.9 Å². The van der Waals surface area contributed by atoms with Gasteiger partial charge in [-0.2, -0.15) is 14.0 Å². The average molecular weight is 403 g/mol. The summed E-state index contributed by atoms with van der Waals surface area (Å²) >= 11 is 0. The van der Waals surface area contributed by atoms with Crippen LogP contribution in [0.3, 0.4) is 0 Å². The Hall–Kier alpha value is -3.08. The number of carbonyl (C=O) groups is 2. The van der Waals surface area contributed by atoms with Gasteiger partial charge in [0.1, 0.15) is 6.07 Å². The summed E-state index contributed by atoms with van der Waals surface area (Å²) in [6, 6.07) is 4.53. The van der Waals surface area contributed by atoms with Crippen molar-refractivity contribution in [1.29, 1.82) is 5.26 Å². The molecule has 0 spiro atoms. The Morgan fingerprint density at radius 1 is 1.48 bits per heavy atom. The fourth-order valence-electron chi connectivity index (χ4n) is 3.51. The number of halogens is 2. The molecule has 29 heavy (non-hydrogen) atoms. The number of ether oxygens (including phenoxy) is 1. The summed E-state index contributed by atoms with van der Waals surface area (Å²) in [4.78, 5) is 30.1. The van der Waals surface area contributed by atoms with Gasteiger partial charge in [0.05, 0.1) is 11.1 Å². The zero-order valence-corrected chi connectivity index (χ0v) is 16.6. The molecule has 0 aliphatic heterocycles. The zero-order valence-electron chi connectivity index (χ0n) is 16.6. The summed E-state index contributed by atoms with van der Waals surface area (Å²) in [5.74, 6) is -0.803. The van der Waals surface area contributed by atoms with E-state index in [1.165, 1.54) is 23.2 Å². The Kier molecular flexibility index (Phi) is 6.52. The minimum absolute atomic E-state index is 0.106. The first-order valence-corrected chi connectivity index (χ1v) is 9.01. The van der Waals surface area contributed by atoms with Gasteiger partial charge >= 0.3 is 6.61 Å². The van der Waals surface area contributed by atoms with Crippen molar-refractivity contribution in [3.63, 3.8) is 0 Å². The highest BCUT2D eigenvalue weighted by Gasteiger charge is 2.43. The van der Waals surface area contributed by atoms with Gasteiger partial charge in [0.25, 0.3) is 5.91 Å². The number of allylic oxidation sites excluding steroid dienone is 3. The number of hydrogen-bond donors (Lipinski definition) is 0. The second kappa shape index (κ2) is 8.52. The molecule has 0 bridgehead atoms. The molecule has 0 unspecified atom stereocenters. The van der Waals surface area contributed by atoms with Gasteiger partial charge in [-0.05, 0) is 18.9 Å². The predicted octanol–water partition coefficient (Wildman–Crippen LogP) is 3.77. The Morgan fingerprint density at radius 2 is 2.17 bits per heavy atom. The maximum Gasteiger partial charge on any atom is 0.388 e. The lowest BCUT2D eigenvalue weighted by molar-refractivity contribution is -0.125. The topological polar surface area (TPSA) is 83.3 Å². The summed E-state index contributed by atoms with van der Waals surface area (Å²) in [6.45, 7) is 4.81. The van der Waals surface area contributed by atoms with Crippen molar-refractivity contribution in [2.45, 2.75) is 33.3 Å². The normalized spacial score (nSPS) is 20.6. The molecule has 0 aromatic carbocycles. The third kappa shape index (κ3) is 5.05. The number of hydrogen-bond acceptors (Lipinski definition) is 5. The Morgan fingerprint density at radius 3 is 2.69 bits per heavy atom. The zero-order chi connectivity index (χ0) is 21.8. The summed E-state index contributed by atoms with van der Waals surface area (Å²) < 4.78 is 28.6. The van der Waals surface area contributed by atoms with Gasteiger partial charge in [-0.25, -0.2) is 4.98 Å². The lowest BCUT2D eigenvalue weighted by Gasteiger charge is -2.40. The van der Waals surface area contributed by atoms with E-state index >= 15 is 0 Å². The molecule has 154 valence electrons. The third-order valence-corrected chi connectivity index (χ3v) is 5.04. The molecule has 0 radical (unpaired) electrons. The molecule has 1 aliphatic rings. The Balaban J connectivity index is 2.12. The lowest BCUT2D eigenvalue weighted by atomic mass is 9.63. The number of rotatable bonds is 7. The van der Waals surface area contributed by atoms with Crippen LogP contribution in [-0.2, 0) is 4.79 Å². The van der Waals surface area contributed by atoms with E-state index in [0.29, 0.717) is 19.4 Å². The minimum atomic E-state index is -2.99. The van der Waals surface area contributed by atoms with Crippen LogP contribution in [0.1, 0.15) is 37.0 Å². The van der Waals surface area contributed by atoms with Crippen molar-refractivity contribution < 1.29 is 23.1 Å². The van der Waals surface area contributed by atoms with Crippen molar-refractivity contribution >= 4 is 11.7 Å². The number of pyridine rings is 1. The lowest BCUT2D eigenvalue weighted by Crippen LogP contribution is -2.39. The highest BCUT2D eigenvalue weighted by Crippen LogP contribution is 2.45. The van der Waals surface area contributed by atoms with Crippen molar-refractivity contribution in [2.24, 2.45) is 10.8 Å². The van der Waals surface area contributed by atoms with E-state index in [2.05, 4.69) is 16.3 Å². The standard InChI is InChI=1S/C21H23F2N3O3/c1-5-21(10-15(11-24)17(27)20(2,3)13-21)8-9-26(4)18(28)14-6-7-16(25-12-14)29-19(22)23/h5-7,10,12,19H,1,8-9,13H2,2-4H3/t21-/m1/s1. The highest BCUT2D eigenvalue weighted by atomic mass is 19.3. The van der Waals surface area contributed by atoms with E-state index < -0.39 is 17.4 Å². The molecule has 2 rings (SSSR count). The Bertz CT molecular complexity index is 872. The molecule has 0 fully saturated rings. The summed E-state index contributed by atoms with van der Waals surface area (Å²) in [5.41, 5.74) is -0.964. The van der Waals surface area contributed by atoms with E-state index in [0.717, 1.165) is 0 Å². The number of nitrogens with zero attached hydrogens (tertiary/aromatic N) is 3. The van der Waals surface area contributed by atoms with E-state index in [1.54, 1.807) is 33.0 Å². The number of carbonyl (C=O) groups excluding carboxylic acids is 2. The molecule has 0 N–H and O–H groups in total. The quantitative estimate of drug-likeness (QED) is 0.647. The molecule has 1 aliphatic carbocycles. The van der Waals surface area contributed by atoms with E-state index in [9.17, 15) is 23.6 Å². The first-order valence-electron chi connectivity index (χ1n) is 9.01. The summed E-state index contributed by atoms with van der Waals surface area (Å²) in [7, 11) is 1.61. The minimum Gasteiger partial charge on any atom is -0.417 e. The molecule has 1 aromatic heterocycles. The van der Waals surface area contributed by atoms with E-state index in [1.807, 2.05) is 6.07 Å². The van der Waals surface area contributed by atoms with Crippen LogP contribution in [0.2, 0.25) is 0 Å². The fourth-order valence-corrected chi connectivity index (χ4v) is 3.51. The SMILES string of the molecule is C=C[C@@]1(CCN(C)C(=O)c2ccc(OC(F)F)nc2)C=C(C#N)C(=O)C(C)(C)C1. The fraction of sp³-hybridized carbons (Fsp3) is 0.429. The van der Waals surface area contributed by atoms with Gasteiger partial charge in [-0.3, -0.25) is 9.59 Å². The maximum absolute atomic E-state index is 12.6. The molecule has 1 atom stereocenters. The average Bonchev–Trinajstić information content (AvgIpc) is 2.68. The van der Waals surface area contributed by atoms with Crippen molar-refractivity contribution in [2.75, 3.05) is 13.6 Å². The van der Waals surface area contributed by atoms with Crippen LogP contribution < -0.4 is 4.74 Å². The molecule has 1 aromatic rings. The maximum atomic E-state index is 12.6. The number of amides is 1. The third-order valence-electron chi connectivity index (χ3n) is 5.04. The molecular weight excluding hydrogens is 380 g/mol. The number of ketones is 1. The highest BCUT2D eigenvalue weighted by molar-refractivity contribution is 6.03.